The number of rotatable bonds is 4. The molecule has 0 aliphatic carbocycles. The van der Waals surface area contributed by atoms with Gasteiger partial charge in [0.1, 0.15) is 6.29 Å². The largest absolute Gasteiger partial charge is 0.355 e. The molecule has 3 aromatic carbocycles. The van der Waals surface area contributed by atoms with Crippen molar-refractivity contribution in [2.24, 2.45) is 0 Å². The molecule has 0 aliphatic heterocycles. The number of hydrogen-bond donors (Lipinski definition) is 1. The molecule has 0 unspecified atom stereocenters. The highest BCUT2D eigenvalue weighted by atomic mass is 16.1. The topological polar surface area (TPSA) is 29.1 Å². The summed E-state index contributed by atoms with van der Waals surface area (Å²) in [6.45, 7) is 2.09. The molecule has 0 bridgehead atoms. The van der Waals surface area contributed by atoms with Crippen LogP contribution in [0.15, 0.2) is 72.8 Å². The summed E-state index contributed by atoms with van der Waals surface area (Å²) in [6, 6.07) is 24.1. The van der Waals surface area contributed by atoms with E-state index in [2.05, 4.69) is 48.6 Å². The van der Waals surface area contributed by atoms with Gasteiger partial charge >= 0.3 is 0 Å². The van der Waals surface area contributed by atoms with Crippen molar-refractivity contribution in [1.29, 1.82) is 0 Å². The highest BCUT2D eigenvalue weighted by Crippen LogP contribution is 2.30. The molecule has 0 saturated heterocycles. The lowest BCUT2D eigenvalue weighted by atomic mass is 10.0. The summed E-state index contributed by atoms with van der Waals surface area (Å²) < 4.78 is 0. The predicted molar refractivity (Wildman–Crippen MR) is 91.7 cm³/mol. The quantitative estimate of drug-likeness (QED) is 0.667. The van der Waals surface area contributed by atoms with Crippen molar-refractivity contribution < 1.29 is 4.79 Å². The van der Waals surface area contributed by atoms with Gasteiger partial charge in [0, 0.05) is 22.5 Å². The lowest BCUT2D eigenvalue weighted by Crippen LogP contribution is -1.93. The van der Waals surface area contributed by atoms with Gasteiger partial charge in [0.05, 0.1) is 0 Å². The maximum absolute atomic E-state index is 10.7. The van der Waals surface area contributed by atoms with Crippen LogP contribution >= 0.6 is 0 Å². The minimum atomic E-state index is 0.678. The molecular formula is C20H17NO. The van der Waals surface area contributed by atoms with E-state index in [-0.39, 0.29) is 0 Å². The van der Waals surface area contributed by atoms with Gasteiger partial charge in [0.25, 0.3) is 0 Å². The highest BCUT2D eigenvalue weighted by molar-refractivity contribution is 5.82. The van der Waals surface area contributed by atoms with Crippen molar-refractivity contribution >= 4 is 17.7 Å². The Bertz CT molecular complexity index is 791. The second-order valence-electron chi connectivity index (χ2n) is 5.28. The SMILES string of the molecule is Cc1cccc(-c2ccccc2Nc2ccc(C=O)cc2)c1. The van der Waals surface area contributed by atoms with Crippen molar-refractivity contribution in [2.75, 3.05) is 5.32 Å². The van der Waals surface area contributed by atoms with Crippen LogP contribution in [0.25, 0.3) is 11.1 Å². The van der Waals surface area contributed by atoms with E-state index in [1.807, 2.05) is 36.4 Å². The number of anilines is 2. The molecule has 3 rings (SSSR count). The van der Waals surface area contributed by atoms with E-state index >= 15 is 0 Å². The summed E-state index contributed by atoms with van der Waals surface area (Å²) >= 11 is 0. The number of para-hydroxylation sites is 1. The fraction of sp³-hybridized carbons (Fsp3) is 0.0500. The molecule has 0 spiro atoms. The summed E-state index contributed by atoms with van der Waals surface area (Å²) in [5, 5.41) is 3.43. The van der Waals surface area contributed by atoms with Crippen LogP contribution in [-0.2, 0) is 0 Å². The molecule has 2 nitrogen and oxygen atoms in total. The summed E-state index contributed by atoms with van der Waals surface area (Å²) in [5.74, 6) is 0. The van der Waals surface area contributed by atoms with Crippen LogP contribution in [0.4, 0.5) is 11.4 Å². The van der Waals surface area contributed by atoms with Crippen LogP contribution in [0.3, 0.4) is 0 Å². The van der Waals surface area contributed by atoms with Gasteiger partial charge in [-0.25, -0.2) is 0 Å². The van der Waals surface area contributed by atoms with Crippen LogP contribution in [0, 0.1) is 6.92 Å². The lowest BCUT2D eigenvalue weighted by Gasteiger charge is -2.13. The first-order chi connectivity index (χ1) is 10.8. The third-order valence-corrected chi connectivity index (χ3v) is 3.58. The van der Waals surface area contributed by atoms with Crippen molar-refractivity contribution in [1.82, 2.24) is 0 Å². The van der Waals surface area contributed by atoms with Crippen LogP contribution in [0.5, 0.6) is 0 Å². The van der Waals surface area contributed by atoms with Crippen molar-refractivity contribution in [3.63, 3.8) is 0 Å². The van der Waals surface area contributed by atoms with Crippen LogP contribution < -0.4 is 5.32 Å². The molecule has 0 heterocycles. The molecule has 0 saturated carbocycles. The first-order valence-electron chi connectivity index (χ1n) is 7.24. The third kappa shape index (κ3) is 3.07. The van der Waals surface area contributed by atoms with E-state index in [1.54, 1.807) is 0 Å². The summed E-state index contributed by atoms with van der Waals surface area (Å²) in [6.07, 6.45) is 0.852. The highest BCUT2D eigenvalue weighted by Gasteiger charge is 2.05. The van der Waals surface area contributed by atoms with Gasteiger partial charge < -0.3 is 5.32 Å². The first-order valence-corrected chi connectivity index (χ1v) is 7.24. The Morgan fingerprint density at radius 3 is 2.36 bits per heavy atom. The first kappa shape index (κ1) is 14.1. The molecule has 0 aromatic heterocycles. The number of carbonyl (C=O) groups excluding carboxylic acids is 1. The van der Waals surface area contributed by atoms with Gasteiger partial charge in [-0.2, -0.15) is 0 Å². The van der Waals surface area contributed by atoms with Crippen molar-refractivity contribution in [3.05, 3.63) is 83.9 Å². The monoisotopic (exact) mass is 287 g/mol. The molecule has 3 aromatic rings. The molecular weight excluding hydrogens is 270 g/mol. The number of hydrogen-bond acceptors (Lipinski definition) is 2. The van der Waals surface area contributed by atoms with Crippen molar-refractivity contribution in [3.8, 4) is 11.1 Å². The molecule has 0 radical (unpaired) electrons. The van der Waals surface area contributed by atoms with E-state index in [4.69, 9.17) is 0 Å². The fourth-order valence-corrected chi connectivity index (χ4v) is 2.46. The van der Waals surface area contributed by atoms with E-state index in [1.165, 1.54) is 11.1 Å². The Morgan fingerprint density at radius 1 is 0.864 bits per heavy atom. The molecule has 22 heavy (non-hydrogen) atoms. The van der Waals surface area contributed by atoms with E-state index < -0.39 is 0 Å². The van der Waals surface area contributed by atoms with Gasteiger partial charge in [-0.15, -0.1) is 0 Å². The average molecular weight is 287 g/mol. The zero-order valence-electron chi connectivity index (χ0n) is 12.4. The lowest BCUT2D eigenvalue weighted by molar-refractivity contribution is 0.112. The van der Waals surface area contributed by atoms with Crippen LogP contribution in [0.2, 0.25) is 0 Å². The van der Waals surface area contributed by atoms with Crippen LogP contribution in [0.1, 0.15) is 15.9 Å². The van der Waals surface area contributed by atoms with Crippen molar-refractivity contribution in [2.45, 2.75) is 6.92 Å². The zero-order valence-corrected chi connectivity index (χ0v) is 12.4. The Kier molecular flexibility index (Phi) is 4.01. The molecule has 108 valence electrons. The van der Waals surface area contributed by atoms with Gasteiger partial charge in [0.2, 0.25) is 0 Å². The maximum Gasteiger partial charge on any atom is 0.150 e. The third-order valence-electron chi connectivity index (χ3n) is 3.58. The second kappa shape index (κ2) is 6.27. The minimum absolute atomic E-state index is 0.678. The zero-order chi connectivity index (χ0) is 15.4. The molecule has 1 N–H and O–H groups in total. The van der Waals surface area contributed by atoms with Crippen LogP contribution in [-0.4, -0.2) is 6.29 Å². The second-order valence-corrected chi connectivity index (χ2v) is 5.28. The molecule has 0 atom stereocenters. The Morgan fingerprint density at radius 2 is 1.64 bits per heavy atom. The number of aryl methyl sites for hydroxylation is 1. The van der Waals surface area contributed by atoms with E-state index in [0.717, 1.165) is 23.2 Å². The smallest absolute Gasteiger partial charge is 0.150 e. The Hall–Kier alpha value is -2.87. The summed E-state index contributed by atoms with van der Waals surface area (Å²) in [4.78, 5) is 10.7. The van der Waals surface area contributed by atoms with E-state index in [0.29, 0.717) is 5.56 Å². The average Bonchev–Trinajstić information content (AvgIpc) is 2.56. The van der Waals surface area contributed by atoms with Gasteiger partial charge in [-0.1, -0.05) is 48.0 Å². The molecule has 0 amide bonds. The minimum Gasteiger partial charge on any atom is -0.355 e. The number of nitrogens with one attached hydrogen (secondary N) is 1. The Labute approximate surface area is 130 Å². The summed E-state index contributed by atoms with van der Waals surface area (Å²) in [5.41, 5.74) is 6.27. The molecule has 0 fully saturated rings. The number of carbonyl (C=O) groups is 1. The van der Waals surface area contributed by atoms with Gasteiger partial charge in [-0.05, 0) is 42.8 Å². The van der Waals surface area contributed by atoms with Gasteiger partial charge in [-0.3, -0.25) is 4.79 Å². The number of benzene rings is 3. The molecule has 2 heteroatoms. The summed E-state index contributed by atoms with van der Waals surface area (Å²) in [7, 11) is 0. The standard InChI is InChI=1S/C20H17NO/c1-15-5-4-6-17(13-15)19-7-2-3-8-20(19)21-18-11-9-16(14-22)10-12-18/h2-14,21H,1H3. The predicted octanol–water partition coefficient (Wildman–Crippen LogP) is 5.22. The van der Waals surface area contributed by atoms with Gasteiger partial charge in [0.15, 0.2) is 0 Å². The normalized spacial score (nSPS) is 10.2. The number of aldehydes is 1. The molecule has 0 aliphatic rings. The maximum atomic E-state index is 10.7. The Balaban J connectivity index is 1.95. The van der Waals surface area contributed by atoms with E-state index in [9.17, 15) is 4.79 Å². The fourth-order valence-electron chi connectivity index (χ4n) is 2.46.